The third-order valence-corrected chi connectivity index (χ3v) is 4.99. The van der Waals surface area contributed by atoms with Gasteiger partial charge in [-0.25, -0.2) is 0 Å². The molecular formula is C24H34O2. The lowest BCUT2D eigenvalue weighted by Gasteiger charge is -2.25. The molecule has 0 radical (unpaired) electrons. The van der Waals surface area contributed by atoms with Crippen molar-refractivity contribution in [2.24, 2.45) is 0 Å². The molecule has 0 aliphatic carbocycles. The van der Waals surface area contributed by atoms with Crippen LogP contribution < -0.4 is 0 Å². The number of aryl methyl sites for hydroxylation is 2. The Hall–Kier alpha value is -1.96. The molecule has 0 aromatic heterocycles. The van der Waals surface area contributed by atoms with E-state index >= 15 is 0 Å². The fraction of sp³-hybridized carbons (Fsp3) is 0.500. The zero-order valence-electron chi connectivity index (χ0n) is 17.6. The van der Waals surface area contributed by atoms with E-state index in [0.717, 1.165) is 34.2 Å². The maximum absolute atomic E-state index is 10.9. The highest BCUT2D eigenvalue weighted by molar-refractivity contribution is 5.53. The van der Waals surface area contributed by atoms with Gasteiger partial charge in [-0.15, -0.1) is 0 Å². The van der Waals surface area contributed by atoms with Gasteiger partial charge in [0.05, 0.1) is 0 Å². The first-order chi connectivity index (χ1) is 11.8. The monoisotopic (exact) mass is 354 g/mol. The van der Waals surface area contributed by atoms with Gasteiger partial charge < -0.3 is 10.2 Å². The molecule has 2 rings (SSSR count). The quantitative estimate of drug-likeness (QED) is 0.693. The van der Waals surface area contributed by atoms with Crippen LogP contribution in [0.15, 0.2) is 24.3 Å². The van der Waals surface area contributed by atoms with Gasteiger partial charge >= 0.3 is 0 Å². The molecule has 0 heterocycles. The van der Waals surface area contributed by atoms with E-state index in [2.05, 4.69) is 73.6 Å². The minimum atomic E-state index is -0.130. The molecule has 2 heteroatoms. The highest BCUT2D eigenvalue weighted by atomic mass is 16.3. The van der Waals surface area contributed by atoms with Crippen molar-refractivity contribution >= 4 is 0 Å². The summed E-state index contributed by atoms with van der Waals surface area (Å²) in [5.41, 5.74) is 5.76. The summed E-state index contributed by atoms with van der Waals surface area (Å²) < 4.78 is 0. The Morgan fingerprint density at radius 1 is 0.731 bits per heavy atom. The first-order valence-corrected chi connectivity index (χ1v) is 9.52. The van der Waals surface area contributed by atoms with Crippen LogP contribution in [0.2, 0.25) is 0 Å². The van der Waals surface area contributed by atoms with Crippen LogP contribution in [-0.2, 0) is 23.7 Å². The minimum absolute atomic E-state index is 0.130. The predicted octanol–water partition coefficient (Wildman–Crippen LogP) is 6.15. The molecule has 0 saturated carbocycles. The zero-order chi connectivity index (χ0) is 19.9. The van der Waals surface area contributed by atoms with Crippen LogP contribution in [-0.4, -0.2) is 10.2 Å². The lowest BCUT2D eigenvalue weighted by molar-refractivity contribution is 0.435. The van der Waals surface area contributed by atoms with Crippen LogP contribution in [0.1, 0.15) is 81.8 Å². The standard InChI is InChI=1S/C24H34O2/c1-9-16-12-18(22(26)20(13-16)24(6,7)8)14-17-10-15(2)11-19(21(17)25)23(3,4)5/h10-13,25-26H,9,14H2,1-8H3. The molecule has 2 aromatic carbocycles. The van der Waals surface area contributed by atoms with E-state index in [1.165, 1.54) is 5.56 Å². The van der Waals surface area contributed by atoms with Crippen molar-refractivity contribution in [3.63, 3.8) is 0 Å². The zero-order valence-corrected chi connectivity index (χ0v) is 17.6. The maximum Gasteiger partial charge on any atom is 0.122 e. The molecule has 0 bridgehead atoms. The van der Waals surface area contributed by atoms with Crippen molar-refractivity contribution in [1.82, 2.24) is 0 Å². The second-order valence-electron chi connectivity index (χ2n) is 9.50. The molecule has 0 amide bonds. The molecule has 0 unspecified atom stereocenters. The molecule has 0 aliphatic rings. The molecule has 0 saturated heterocycles. The molecule has 0 aliphatic heterocycles. The molecule has 2 N–H and O–H groups in total. The normalized spacial score (nSPS) is 12.5. The van der Waals surface area contributed by atoms with E-state index in [4.69, 9.17) is 0 Å². The maximum atomic E-state index is 10.9. The van der Waals surface area contributed by atoms with Gasteiger partial charge in [-0.2, -0.15) is 0 Å². The molecular weight excluding hydrogens is 320 g/mol. The number of rotatable bonds is 3. The summed E-state index contributed by atoms with van der Waals surface area (Å²) in [6, 6.07) is 8.26. The van der Waals surface area contributed by atoms with Gasteiger partial charge in [0.25, 0.3) is 0 Å². The fourth-order valence-corrected chi connectivity index (χ4v) is 3.44. The van der Waals surface area contributed by atoms with E-state index in [9.17, 15) is 10.2 Å². The van der Waals surface area contributed by atoms with Crippen molar-refractivity contribution < 1.29 is 10.2 Å². The van der Waals surface area contributed by atoms with Crippen LogP contribution in [0.3, 0.4) is 0 Å². The van der Waals surface area contributed by atoms with Crippen LogP contribution in [0, 0.1) is 6.92 Å². The first kappa shape index (κ1) is 20.4. The van der Waals surface area contributed by atoms with Gasteiger partial charge in [0, 0.05) is 6.42 Å². The molecule has 0 fully saturated rings. The minimum Gasteiger partial charge on any atom is -0.507 e. The van der Waals surface area contributed by atoms with Gasteiger partial charge in [-0.1, -0.05) is 78.3 Å². The number of phenols is 2. The van der Waals surface area contributed by atoms with Crippen LogP contribution >= 0.6 is 0 Å². The van der Waals surface area contributed by atoms with Gasteiger partial charge in [-0.05, 0) is 52.0 Å². The third kappa shape index (κ3) is 4.23. The van der Waals surface area contributed by atoms with Crippen LogP contribution in [0.25, 0.3) is 0 Å². The van der Waals surface area contributed by atoms with Crippen molar-refractivity contribution in [3.8, 4) is 11.5 Å². The predicted molar refractivity (Wildman–Crippen MR) is 111 cm³/mol. The average molecular weight is 355 g/mol. The van der Waals surface area contributed by atoms with E-state index in [0.29, 0.717) is 17.9 Å². The van der Waals surface area contributed by atoms with Crippen LogP contribution in [0.4, 0.5) is 0 Å². The van der Waals surface area contributed by atoms with Crippen molar-refractivity contribution in [1.29, 1.82) is 0 Å². The number of benzene rings is 2. The molecule has 0 spiro atoms. The van der Waals surface area contributed by atoms with Crippen LogP contribution in [0.5, 0.6) is 11.5 Å². The smallest absolute Gasteiger partial charge is 0.122 e. The lowest BCUT2D eigenvalue weighted by atomic mass is 9.81. The molecule has 0 atom stereocenters. The van der Waals surface area contributed by atoms with E-state index in [1.54, 1.807) is 0 Å². The molecule has 26 heavy (non-hydrogen) atoms. The lowest BCUT2D eigenvalue weighted by Crippen LogP contribution is -2.14. The largest absolute Gasteiger partial charge is 0.507 e. The highest BCUT2D eigenvalue weighted by Gasteiger charge is 2.24. The van der Waals surface area contributed by atoms with Crippen molar-refractivity contribution in [2.45, 2.75) is 79.1 Å². The first-order valence-electron chi connectivity index (χ1n) is 9.52. The summed E-state index contributed by atoms with van der Waals surface area (Å²) in [5, 5.41) is 21.8. The number of hydrogen-bond acceptors (Lipinski definition) is 2. The molecule has 2 aromatic rings. The van der Waals surface area contributed by atoms with E-state index in [-0.39, 0.29) is 10.8 Å². The number of phenolic OH excluding ortho intramolecular Hbond substituents is 2. The third-order valence-electron chi connectivity index (χ3n) is 4.99. The molecule has 2 nitrogen and oxygen atoms in total. The SMILES string of the molecule is CCc1cc(Cc2cc(C)cc(C(C)(C)C)c2O)c(O)c(C(C)(C)C)c1. The topological polar surface area (TPSA) is 40.5 Å². The second-order valence-corrected chi connectivity index (χ2v) is 9.50. The summed E-state index contributed by atoms with van der Waals surface area (Å²) in [4.78, 5) is 0. The van der Waals surface area contributed by atoms with E-state index in [1.807, 2.05) is 6.07 Å². The Morgan fingerprint density at radius 3 is 1.65 bits per heavy atom. The summed E-state index contributed by atoms with van der Waals surface area (Å²) in [6.07, 6.45) is 1.45. The molecule has 142 valence electrons. The summed E-state index contributed by atoms with van der Waals surface area (Å²) >= 11 is 0. The number of hydrogen-bond donors (Lipinski definition) is 2. The van der Waals surface area contributed by atoms with Crippen molar-refractivity contribution in [2.75, 3.05) is 0 Å². The van der Waals surface area contributed by atoms with E-state index < -0.39 is 0 Å². The van der Waals surface area contributed by atoms with Crippen molar-refractivity contribution in [3.05, 3.63) is 57.6 Å². The fourth-order valence-electron chi connectivity index (χ4n) is 3.44. The van der Waals surface area contributed by atoms with Gasteiger partial charge in [0.2, 0.25) is 0 Å². The van der Waals surface area contributed by atoms with Gasteiger partial charge in [0.1, 0.15) is 11.5 Å². The summed E-state index contributed by atoms with van der Waals surface area (Å²) in [6.45, 7) is 16.9. The van der Waals surface area contributed by atoms with Gasteiger partial charge in [-0.3, -0.25) is 0 Å². The highest BCUT2D eigenvalue weighted by Crippen LogP contribution is 2.39. The Kier molecular flexibility index (Phi) is 5.46. The summed E-state index contributed by atoms with van der Waals surface area (Å²) in [5.74, 6) is 0.703. The Bertz CT molecular complexity index is 802. The Labute approximate surface area is 158 Å². The van der Waals surface area contributed by atoms with Gasteiger partial charge in [0.15, 0.2) is 0 Å². The average Bonchev–Trinajstić information content (AvgIpc) is 2.50. The Balaban J connectivity index is 2.61. The summed E-state index contributed by atoms with van der Waals surface area (Å²) in [7, 11) is 0. The number of aromatic hydroxyl groups is 2. The second kappa shape index (κ2) is 6.98. The Morgan fingerprint density at radius 2 is 1.19 bits per heavy atom.